The molecule has 0 unspecified atom stereocenters. The fourth-order valence-electron chi connectivity index (χ4n) is 3.78. The van der Waals surface area contributed by atoms with Crippen LogP contribution in [0.3, 0.4) is 0 Å². The fraction of sp³-hybridized carbons (Fsp3) is 0.526. The van der Waals surface area contributed by atoms with Gasteiger partial charge < -0.3 is 20.1 Å². The Labute approximate surface area is 163 Å². The van der Waals surface area contributed by atoms with Crippen LogP contribution in [0.1, 0.15) is 24.8 Å². The Morgan fingerprint density at radius 2 is 2.30 bits per heavy atom. The number of aryl methyl sites for hydroxylation is 1. The Morgan fingerprint density at radius 1 is 1.41 bits per heavy atom. The molecule has 1 atom stereocenters. The van der Waals surface area contributed by atoms with Gasteiger partial charge in [-0.3, -0.25) is 4.79 Å². The van der Waals surface area contributed by atoms with E-state index in [0.29, 0.717) is 6.04 Å². The number of piperidine rings is 1. The molecule has 4 rings (SSSR count). The van der Waals surface area contributed by atoms with Gasteiger partial charge in [-0.05, 0) is 31.9 Å². The van der Waals surface area contributed by atoms with E-state index in [0.717, 1.165) is 59.1 Å². The summed E-state index contributed by atoms with van der Waals surface area (Å²) in [6.45, 7) is 4.68. The predicted octanol–water partition coefficient (Wildman–Crippen LogP) is 2.26. The maximum Gasteiger partial charge on any atom is 0.261 e. The van der Waals surface area contributed by atoms with Gasteiger partial charge >= 0.3 is 0 Å². The number of amides is 1. The van der Waals surface area contributed by atoms with E-state index in [4.69, 9.17) is 0 Å². The number of hydrogen-bond donors (Lipinski definition) is 2. The normalized spacial score (nSPS) is 20.6. The Morgan fingerprint density at radius 3 is 3.11 bits per heavy atom. The molecule has 1 amide bonds. The second-order valence-electron chi connectivity index (χ2n) is 7.26. The molecule has 2 aliphatic rings. The molecule has 2 aliphatic heterocycles. The van der Waals surface area contributed by atoms with Crippen LogP contribution in [0.4, 0.5) is 5.82 Å². The van der Waals surface area contributed by atoms with Gasteiger partial charge in [-0.25, -0.2) is 9.97 Å². The highest BCUT2D eigenvalue weighted by molar-refractivity contribution is 8.04. The summed E-state index contributed by atoms with van der Waals surface area (Å²) in [6.07, 6.45) is 9.09. The highest BCUT2D eigenvalue weighted by Gasteiger charge is 2.25. The van der Waals surface area contributed by atoms with E-state index < -0.39 is 0 Å². The van der Waals surface area contributed by atoms with Crippen molar-refractivity contribution in [3.05, 3.63) is 29.2 Å². The molecule has 0 spiro atoms. The number of thioether (sulfide) groups is 1. The number of hydrogen-bond acceptors (Lipinski definition) is 6. The van der Waals surface area contributed by atoms with E-state index in [1.54, 1.807) is 18.1 Å². The second kappa shape index (κ2) is 7.90. The molecule has 0 saturated carbocycles. The van der Waals surface area contributed by atoms with Gasteiger partial charge in [0.15, 0.2) is 0 Å². The van der Waals surface area contributed by atoms with Crippen LogP contribution < -0.4 is 10.2 Å². The highest BCUT2D eigenvalue weighted by Crippen LogP contribution is 2.31. The van der Waals surface area contributed by atoms with Gasteiger partial charge in [0.05, 0.1) is 10.3 Å². The topological polar surface area (TPSA) is 77.2 Å². The zero-order chi connectivity index (χ0) is 18.8. The maximum absolute atomic E-state index is 13.0. The molecule has 144 valence electrons. The number of nitrogens with one attached hydrogen (secondary N) is 2. The van der Waals surface area contributed by atoms with Crippen LogP contribution >= 0.6 is 11.8 Å². The molecule has 0 bridgehead atoms. The van der Waals surface area contributed by atoms with Crippen LogP contribution in [-0.4, -0.2) is 64.2 Å². The molecule has 7 nitrogen and oxygen atoms in total. The number of likely N-dealkylation sites (N-methyl/N-ethyl adjacent to an activating group) is 1. The molecule has 2 aromatic rings. The highest BCUT2D eigenvalue weighted by atomic mass is 32.2. The standard InChI is InChI=1S/C19H26N6OS/c1-13-9-21-17-16(13)18(23-12-22-17)25-7-8-27-15(11-25)19(26)24(2)10-14-5-3-4-6-20-14/h9,11-12,14,20H,3-8,10H2,1-2H3,(H,21,22,23)/t14-/m1/s1. The van der Waals surface area contributed by atoms with E-state index >= 15 is 0 Å². The molecule has 1 saturated heterocycles. The minimum absolute atomic E-state index is 0.0909. The third-order valence-corrected chi connectivity index (χ3v) is 6.22. The van der Waals surface area contributed by atoms with E-state index in [2.05, 4.69) is 25.2 Å². The van der Waals surface area contributed by atoms with Gasteiger partial charge in [0.2, 0.25) is 0 Å². The molecule has 0 radical (unpaired) electrons. The lowest BCUT2D eigenvalue weighted by atomic mass is 10.0. The average molecular weight is 387 g/mol. The van der Waals surface area contributed by atoms with Gasteiger partial charge in [-0.15, -0.1) is 11.8 Å². The maximum atomic E-state index is 13.0. The van der Waals surface area contributed by atoms with Crippen molar-refractivity contribution >= 4 is 34.5 Å². The van der Waals surface area contributed by atoms with Crippen molar-refractivity contribution in [2.45, 2.75) is 32.2 Å². The van der Waals surface area contributed by atoms with Gasteiger partial charge in [0, 0.05) is 44.3 Å². The SMILES string of the molecule is Cc1c[nH]c2ncnc(N3C=C(C(=O)N(C)C[C@H]4CCCCN4)SCC3)c12. The molecule has 2 aromatic heterocycles. The Bertz CT molecular complexity index is 857. The van der Waals surface area contributed by atoms with Crippen molar-refractivity contribution in [2.24, 2.45) is 0 Å². The van der Waals surface area contributed by atoms with Gasteiger partial charge in [-0.2, -0.15) is 0 Å². The Hall–Kier alpha value is -2.06. The van der Waals surface area contributed by atoms with Crippen molar-refractivity contribution in [3.63, 3.8) is 0 Å². The number of carbonyl (C=O) groups excluding carboxylic acids is 1. The van der Waals surface area contributed by atoms with Gasteiger partial charge in [0.1, 0.15) is 17.8 Å². The van der Waals surface area contributed by atoms with Crippen LogP contribution in [0.2, 0.25) is 0 Å². The summed E-state index contributed by atoms with van der Waals surface area (Å²) in [5.74, 6) is 1.82. The lowest BCUT2D eigenvalue weighted by Crippen LogP contribution is -2.44. The number of H-pyrrole nitrogens is 1. The van der Waals surface area contributed by atoms with Crippen molar-refractivity contribution in [2.75, 3.05) is 37.3 Å². The summed E-state index contributed by atoms with van der Waals surface area (Å²) in [4.78, 5) is 29.7. The predicted molar refractivity (Wildman–Crippen MR) is 110 cm³/mol. The molecule has 8 heteroatoms. The summed E-state index contributed by atoms with van der Waals surface area (Å²) >= 11 is 1.63. The zero-order valence-electron chi connectivity index (χ0n) is 15.9. The Kier molecular flexibility index (Phi) is 5.36. The van der Waals surface area contributed by atoms with Crippen LogP contribution in [-0.2, 0) is 4.79 Å². The number of anilines is 1. The van der Waals surface area contributed by atoms with Crippen molar-refractivity contribution in [1.82, 2.24) is 25.2 Å². The Balaban J connectivity index is 1.53. The molecule has 2 N–H and O–H groups in total. The fourth-order valence-corrected chi connectivity index (χ4v) is 4.77. The van der Waals surface area contributed by atoms with Gasteiger partial charge in [0.25, 0.3) is 5.91 Å². The number of nitrogens with zero attached hydrogens (tertiary/aromatic N) is 4. The largest absolute Gasteiger partial charge is 0.346 e. The third kappa shape index (κ3) is 3.82. The number of rotatable bonds is 4. The third-order valence-electron chi connectivity index (χ3n) is 5.25. The zero-order valence-corrected chi connectivity index (χ0v) is 16.7. The van der Waals surface area contributed by atoms with Crippen molar-refractivity contribution < 1.29 is 4.79 Å². The van der Waals surface area contributed by atoms with Crippen LogP contribution in [0.25, 0.3) is 11.0 Å². The number of carbonyl (C=O) groups is 1. The molecule has 27 heavy (non-hydrogen) atoms. The monoisotopic (exact) mass is 386 g/mol. The van der Waals surface area contributed by atoms with Crippen LogP contribution in [0, 0.1) is 6.92 Å². The molecular formula is C19H26N6OS. The smallest absolute Gasteiger partial charge is 0.261 e. The summed E-state index contributed by atoms with van der Waals surface area (Å²) in [5.41, 5.74) is 1.94. The first kappa shape index (κ1) is 18.3. The number of aromatic nitrogens is 3. The molecular weight excluding hydrogens is 360 g/mol. The van der Waals surface area contributed by atoms with Gasteiger partial charge in [-0.1, -0.05) is 6.42 Å². The summed E-state index contributed by atoms with van der Waals surface area (Å²) in [7, 11) is 1.90. The van der Waals surface area contributed by atoms with Crippen LogP contribution in [0.15, 0.2) is 23.6 Å². The first-order chi connectivity index (χ1) is 13.1. The number of fused-ring (bicyclic) bond motifs is 1. The molecule has 0 aliphatic carbocycles. The molecule has 4 heterocycles. The summed E-state index contributed by atoms with van der Waals surface area (Å²) in [6, 6.07) is 0.405. The van der Waals surface area contributed by atoms with E-state index in [9.17, 15) is 4.79 Å². The van der Waals surface area contributed by atoms with E-state index in [1.807, 2.05) is 31.3 Å². The second-order valence-corrected chi connectivity index (χ2v) is 8.40. The quantitative estimate of drug-likeness (QED) is 0.839. The van der Waals surface area contributed by atoms with Crippen LogP contribution in [0.5, 0.6) is 0 Å². The summed E-state index contributed by atoms with van der Waals surface area (Å²) < 4.78 is 0. The molecule has 0 aromatic carbocycles. The first-order valence-electron chi connectivity index (χ1n) is 9.52. The molecule has 1 fully saturated rings. The van der Waals surface area contributed by atoms with E-state index in [-0.39, 0.29) is 5.91 Å². The summed E-state index contributed by atoms with van der Waals surface area (Å²) in [5, 5.41) is 4.54. The van der Waals surface area contributed by atoms with Crippen molar-refractivity contribution in [3.8, 4) is 0 Å². The lowest BCUT2D eigenvalue weighted by Gasteiger charge is -2.30. The first-order valence-corrected chi connectivity index (χ1v) is 10.5. The minimum atomic E-state index is 0.0909. The minimum Gasteiger partial charge on any atom is -0.346 e. The van der Waals surface area contributed by atoms with E-state index in [1.165, 1.54) is 12.8 Å². The number of aromatic amines is 1. The van der Waals surface area contributed by atoms with Crippen molar-refractivity contribution in [1.29, 1.82) is 0 Å². The average Bonchev–Trinajstić information content (AvgIpc) is 3.09. The lowest BCUT2D eigenvalue weighted by molar-refractivity contribution is -0.125.